The van der Waals surface area contributed by atoms with Crippen LogP contribution in [-0.2, 0) is 14.3 Å². The van der Waals surface area contributed by atoms with Gasteiger partial charge in [0.05, 0.1) is 29.7 Å². The number of carbonyl (C=O) groups excluding carboxylic acids is 2. The van der Waals surface area contributed by atoms with E-state index in [1.54, 1.807) is 6.20 Å². The van der Waals surface area contributed by atoms with Crippen LogP contribution in [0.25, 0.3) is 0 Å². The molecule has 29 heavy (non-hydrogen) atoms. The molecule has 2 aromatic rings. The van der Waals surface area contributed by atoms with Gasteiger partial charge in [0.1, 0.15) is 5.92 Å². The molecule has 5 rings (SSSR count). The molecule has 0 amide bonds. The minimum Gasteiger partial charge on any atom is -0.373 e. The third-order valence-corrected chi connectivity index (χ3v) is 7.39. The first kappa shape index (κ1) is 18.9. The van der Waals surface area contributed by atoms with Crippen LogP contribution in [-0.4, -0.2) is 40.0 Å². The second kappa shape index (κ2) is 6.74. The molecule has 6 heteroatoms. The molecule has 0 N–H and O–H groups in total. The quantitative estimate of drug-likeness (QED) is 0.440. The van der Waals surface area contributed by atoms with Crippen LogP contribution in [0.4, 0.5) is 0 Å². The number of nitrogens with zero attached hydrogens (tertiary/aromatic N) is 2. The first-order chi connectivity index (χ1) is 13.9. The molecule has 2 aliphatic heterocycles. The number of fused-ring (bicyclic) bond motifs is 5. The van der Waals surface area contributed by atoms with Gasteiger partial charge in [0.2, 0.25) is 0 Å². The number of benzene rings is 1. The molecule has 3 heterocycles. The summed E-state index contributed by atoms with van der Waals surface area (Å²) in [5.74, 6) is -1.18. The molecule has 6 atom stereocenters. The van der Waals surface area contributed by atoms with Crippen LogP contribution in [0.3, 0.4) is 0 Å². The van der Waals surface area contributed by atoms with E-state index in [2.05, 4.69) is 22.1 Å². The number of Topliss-reactive ketones (excluding diaryl/α,β-unsaturated/α-hetero) is 2. The van der Waals surface area contributed by atoms with Crippen molar-refractivity contribution in [3.8, 4) is 0 Å². The van der Waals surface area contributed by atoms with Gasteiger partial charge in [-0.1, -0.05) is 29.5 Å². The van der Waals surface area contributed by atoms with E-state index < -0.39 is 5.92 Å². The van der Waals surface area contributed by atoms with Gasteiger partial charge in [0.25, 0.3) is 0 Å². The van der Waals surface area contributed by atoms with Gasteiger partial charge >= 0.3 is 0 Å². The Hall–Kier alpha value is -2.05. The second-order valence-corrected chi connectivity index (χ2v) is 9.32. The summed E-state index contributed by atoms with van der Waals surface area (Å²) in [4.78, 5) is 35.8. The maximum Gasteiger partial charge on any atom is 0.187 e. The molecule has 150 valence electrons. The van der Waals surface area contributed by atoms with Crippen LogP contribution in [0.1, 0.15) is 46.2 Å². The Morgan fingerprint density at radius 2 is 1.76 bits per heavy atom. The SMILES string of the molecule is CSc1nccc([C@@H]2C[C@@H]3O[C@H]2[C@H]2C(=O)C(c4c(C)cc(C)cc4C)C(=O)[C@H]23)n1. The molecule has 1 aromatic carbocycles. The number of rotatable bonds is 3. The Bertz CT molecular complexity index is 1010. The number of aromatic nitrogens is 2. The molecule has 0 radical (unpaired) electrons. The first-order valence-electron chi connectivity index (χ1n) is 10.1. The zero-order valence-electron chi connectivity index (χ0n) is 17.0. The smallest absolute Gasteiger partial charge is 0.187 e. The predicted octanol–water partition coefficient (Wildman–Crippen LogP) is 3.55. The highest BCUT2D eigenvalue weighted by atomic mass is 32.2. The summed E-state index contributed by atoms with van der Waals surface area (Å²) in [6.45, 7) is 6.05. The zero-order chi connectivity index (χ0) is 20.4. The van der Waals surface area contributed by atoms with Gasteiger partial charge in [-0.15, -0.1) is 0 Å². The molecular formula is C23H24N2O3S. The van der Waals surface area contributed by atoms with Gasteiger partial charge in [0.15, 0.2) is 16.7 Å². The van der Waals surface area contributed by atoms with Crippen molar-refractivity contribution < 1.29 is 14.3 Å². The van der Waals surface area contributed by atoms with E-state index in [1.807, 2.05) is 33.1 Å². The van der Waals surface area contributed by atoms with E-state index in [4.69, 9.17) is 4.74 Å². The standard InChI is InChI=1S/C23H24N2O3S/c1-10-7-11(2)16(12(3)8-10)18-20(26)17-15-9-13(22(28-15)19(17)21(18)27)14-5-6-24-23(25-14)29-4/h5-8,13,15,17-19,22H,9H2,1-4H3/t13-,15-,17-,18?,19+,22+/m0/s1. The monoisotopic (exact) mass is 408 g/mol. The molecule has 2 saturated heterocycles. The Morgan fingerprint density at radius 3 is 2.45 bits per heavy atom. The van der Waals surface area contributed by atoms with Gasteiger partial charge in [0, 0.05) is 12.1 Å². The lowest BCUT2D eigenvalue weighted by Crippen LogP contribution is -2.34. The fraction of sp³-hybridized carbons (Fsp3) is 0.478. The molecule has 0 spiro atoms. The molecule has 1 saturated carbocycles. The van der Waals surface area contributed by atoms with Gasteiger partial charge in [-0.3, -0.25) is 9.59 Å². The maximum absolute atomic E-state index is 13.5. The van der Waals surface area contributed by atoms with Crippen molar-refractivity contribution in [2.75, 3.05) is 6.26 Å². The normalized spacial score (nSPS) is 32.8. The summed E-state index contributed by atoms with van der Waals surface area (Å²) in [7, 11) is 0. The third kappa shape index (κ3) is 2.72. The summed E-state index contributed by atoms with van der Waals surface area (Å²) >= 11 is 1.50. The predicted molar refractivity (Wildman–Crippen MR) is 110 cm³/mol. The molecule has 1 aromatic heterocycles. The summed E-state index contributed by atoms with van der Waals surface area (Å²) in [6, 6.07) is 6.04. The van der Waals surface area contributed by atoms with Crippen LogP contribution in [0.2, 0.25) is 0 Å². The van der Waals surface area contributed by atoms with Crippen LogP contribution in [0, 0.1) is 32.6 Å². The van der Waals surface area contributed by atoms with E-state index in [0.717, 1.165) is 39.5 Å². The third-order valence-electron chi connectivity index (χ3n) is 6.83. The molecule has 5 nitrogen and oxygen atoms in total. The molecule has 1 unspecified atom stereocenters. The maximum atomic E-state index is 13.5. The number of hydrogen-bond donors (Lipinski definition) is 0. The van der Waals surface area contributed by atoms with Crippen molar-refractivity contribution in [2.45, 2.75) is 56.4 Å². The lowest BCUT2D eigenvalue weighted by atomic mass is 9.74. The largest absolute Gasteiger partial charge is 0.373 e. The average Bonchev–Trinajstić information content (AvgIpc) is 3.34. The van der Waals surface area contributed by atoms with Crippen molar-refractivity contribution in [3.63, 3.8) is 0 Å². The number of aryl methyl sites for hydroxylation is 3. The number of hydrogen-bond acceptors (Lipinski definition) is 6. The van der Waals surface area contributed by atoms with E-state index in [9.17, 15) is 9.59 Å². The molecule has 2 bridgehead atoms. The lowest BCUT2D eigenvalue weighted by Gasteiger charge is -2.25. The van der Waals surface area contributed by atoms with Crippen LogP contribution >= 0.6 is 11.8 Å². The van der Waals surface area contributed by atoms with Crippen molar-refractivity contribution in [1.29, 1.82) is 0 Å². The molecule has 1 aliphatic carbocycles. The zero-order valence-corrected chi connectivity index (χ0v) is 17.8. The Morgan fingerprint density at radius 1 is 1.07 bits per heavy atom. The topological polar surface area (TPSA) is 69.2 Å². The highest BCUT2D eigenvalue weighted by molar-refractivity contribution is 7.98. The fourth-order valence-corrected chi connectivity index (χ4v) is 6.20. The van der Waals surface area contributed by atoms with Gasteiger partial charge in [-0.25, -0.2) is 9.97 Å². The van der Waals surface area contributed by atoms with Crippen LogP contribution in [0.15, 0.2) is 29.6 Å². The highest BCUT2D eigenvalue weighted by Crippen LogP contribution is 2.57. The fourth-order valence-electron chi connectivity index (χ4n) is 5.84. The van der Waals surface area contributed by atoms with Crippen molar-refractivity contribution in [1.82, 2.24) is 9.97 Å². The van der Waals surface area contributed by atoms with E-state index in [1.165, 1.54) is 11.8 Å². The minimum absolute atomic E-state index is 0.0337. The Kier molecular flexibility index (Phi) is 4.40. The lowest BCUT2D eigenvalue weighted by molar-refractivity contribution is -0.127. The first-order valence-corrected chi connectivity index (χ1v) is 11.3. The number of thioether (sulfide) groups is 1. The number of ketones is 2. The molecular weight excluding hydrogens is 384 g/mol. The van der Waals surface area contributed by atoms with Gasteiger partial charge in [-0.2, -0.15) is 0 Å². The Labute approximate surface area is 174 Å². The second-order valence-electron chi connectivity index (χ2n) is 8.55. The molecule has 3 fully saturated rings. The van der Waals surface area contributed by atoms with Crippen molar-refractivity contribution >= 4 is 23.3 Å². The minimum atomic E-state index is -0.648. The summed E-state index contributed by atoms with van der Waals surface area (Å²) in [5.41, 5.74) is 5.03. The van der Waals surface area contributed by atoms with E-state index in [-0.39, 0.29) is 41.5 Å². The van der Waals surface area contributed by atoms with E-state index in [0.29, 0.717) is 0 Å². The van der Waals surface area contributed by atoms with Gasteiger partial charge in [-0.05, 0) is 56.2 Å². The van der Waals surface area contributed by atoms with Crippen molar-refractivity contribution in [2.24, 2.45) is 11.8 Å². The summed E-state index contributed by atoms with van der Waals surface area (Å²) in [6.07, 6.45) is 4.01. The summed E-state index contributed by atoms with van der Waals surface area (Å²) < 4.78 is 6.18. The summed E-state index contributed by atoms with van der Waals surface area (Å²) in [5, 5.41) is 0.722. The number of ether oxygens (including phenoxy) is 1. The molecule has 3 aliphatic rings. The van der Waals surface area contributed by atoms with Gasteiger partial charge < -0.3 is 4.74 Å². The van der Waals surface area contributed by atoms with Crippen LogP contribution in [0.5, 0.6) is 0 Å². The highest BCUT2D eigenvalue weighted by Gasteiger charge is 2.66. The van der Waals surface area contributed by atoms with E-state index >= 15 is 0 Å². The number of carbonyl (C=O) groups is 2. The average molecular weight is 409 g/mol. The Balaban J connectivity index is 1.51. The van der Waals surface area contributed by atoms with Crippen molar-refractivity contribution in [3.05, 3.63) is 52.3 Å². The van der Waals surface area contributed by atoms with Crippen LogP contribution < -0.4 is 0 Å².